The molecule has 1 aromatic rings. The van der Waals surface area contributed by atoms with Crippen LogP contribution < -0.4 is 0 Å². The van der Waals surface area contributed by atoms with Gasteiger partial charge < -0.3 is 10.2 Å². The Balaban J connectivity index is 2.60. The van der Waals surface area contributed by atoms with Gasteiger partial charge >= 0.3 is 0 Å². The fourth-order valence-electron chi connectivity index (χ4n) is 2.76. The minimum atomic E-state index is 0.177. The number of allylic oxidation sites excluding steroid dienone is 4. The molecule has 0 aromatic heterocycles. The molecule has 23 heavy (non-hydrogen) atoms. The molecule has 1 rings (SSSR count). The van der Waals surface area contributed by atoms with Crippen molar-refractivity contribution < 1.29 is 10.2 Å². The Labute approximate surface area is 141 Å². The van der Waals surface area contributed by atoms with Crippen LogP contribution in [0.5, 0.6) is 11.5 Å². The van der Waals surface area contributed by atoms with Crippen LogP contribution in [0.25, 0.3) is 0 Å². The third-order valence-corrected chi connectivity index (χ3v) is 4.12. The summed E-state index contributed by atoms with van der Waals surface area (Å²) in [6, 6.07) is 5.00. The van der Waals surface area contributed by atoms with E-state index in [0.29, 0.717) is 5.56 Å². The van der Waals surface area contributed by atoms with Crippen LogP contribution >= 0.6 is 0 Å². The second-order valence-corrected chi connectivity index (χ2v) is 6.11. The summed E-state index contributed by atoms with van der Waals surface area (Å²) in [6.07, 6.45) is 17.5. The van der Waals surface area contributed by atoms with E-state index < -0.39 is 0 Å². The predicted molar refractivity (Wildman–Crippen MR) is 99.1 cm³/mol. The summed E-state index contributed by atoms with van der Waals surface area (Å²) in [4.78, 5) is 0. The molecule has 2 nitrogen and oxygen atoms in total. The highest BCUT2D eigenvalue weighted by atomic mass is 16.3. The van der Waals surface area contributed by atoms with E-state index in [1.165, 1.54) is 12.8 Å². The van der Waals surface area contributed by atoms with Gasteiger partial charge in [0.15, 0.2) is 0 Å². The molecule has 0 bridgehead atoms. The first-order valence-corrected chi connectivity index (χ1v) is 9.01. The van der Waals surface area contributed by atoms with Gasteiger partial charge in [0.25, 0.3) is 0 Å². The van der Waals surface area contributed by atoms with E-state index in [2.05, 4.69) is 38.2 Å². The van der Waals surface area contributed by atoms with Crippen molar-refractivity contribution in [3.8, 4) is 11.5 Å². The van der Waals surface area contributed by atoms with E-state index in [9.17, 15) is 10.2 Å². The highest BCUT2D eigenvalue weighted by Gasteiger charge is 2.17. The van der Waals surface area contributed by atoms with Crippen molar-refractivity contribution in [3.63, 3.8) is 0 Å². The van der Waals surface area contributed by atoms with Crippen LogP contribution in [0.3, 0.4) is 0 Å². The minimum absolute atomic E-state index is 0.177. The minimum Gasteiger partial charge on any atom is -0.508 e. The first-order valence-electron chi connectivity index (χ1n) is 9.01. The molecular weight excluding hydrogens is 284 g/mol. The van der Waals surface area contributed by atoms with E-state index in [4.69, 9.17) is 0 Å². The number of rotatable bonds is 11. The molecule has 1 unspecified atom stereocenters. The standard InChI is InChI=1S/C21H32O2/c1-3-5-7-8-9-10-11-12-15-18(14-6-4-2)21-19(22)16-13-17-20(21)23/h8-9,11-13,16-18,22-23H,3-7,10,14-15H2,1-2H3/b9-8+,12-11-. The van der Waals surface area contributed by atoms with E-state index in [1.54, 1.807) is 18.2 Å². The number of aromatic hydroxyl groups is 2. The Morgan fingerprint density at radius 2 is 1.57 bits per heavy atom. The Morgan fingerprint density at radius 3 is 2.22 bits per heavy atom. The molecule has 0 saturated carbocycles. The Hall–Kier alpha value is -1.70. The van der Waals surface area contributed by atoms with Crippen molar-refractivity contribution in [3.05, 3.63) is 48.1 Å². The van der Waals surface area contributed by atoms with E-state index in [1.807, 2.05) is 0 Å². The van der Waals surface area contributed by atoms with Crippen LogP contribution in [0, 0.1) is 0 Å². The molecule has 0 amide bonds. The molecule has 0 heterocycles. The summed E-state index contributed by atoms with van der Waals surface area (Å²) in [5, 5.41) is 20.2. The lowest BCUT2D eigenvalue weighted by Crippen LogP contribution is -1.99. The smallest absolute Gasteiger partial charge is 0.122 e. The molecule has 0 aliphatic heterocycles. The molecule has 1 aromatic carbocycles. The van der Waals surface area contributed by atoms with Crippen molar-refractivity contribution >= 4 is 0 Å². The van der Waals surface area contributed by atoms with Crippen molar-refractivity contribution in [2.24, 2.45) is 0 Å². The summed E-state index contributed by atoms with van der Waals surface area (Å²) in [7, 11) is 0. The van der Waals surface area contributed by atoms with E-state index >= 15 is 0 Å². The van der Waals surface area contributed by atoms with Crippen LogP contribution in [0.4, 0.5) is 0 Å². The molecule has 0 fully saturated rings. The quantitative estimate of drug-likeness (QED) is 0.363. The summed E-state index contributed by atoms with van der Waals surface area (Å²) in [5.41, 5.74) is 0.698. The van der Waals surface area contributed by atoms with Gasteiger partial charge in [0.2, 0.25) is 0 Å². The van der Waals surface area contributed by atoms with Gasteiger partial charge in [-0.2, -0.15) is 0 Å². The Bertz CT molecular complexity index is 468. The molecule has 0 spiro atoms. The van der Waals surface area contributed by atoms with Crippen LogP contribution in [0.15, 0.2) is 42.5 Å². The third kappa shape index (κ3) is 7.40. The van der Waals surface area contributed by atoms with Crippen LogP contribution in [-0.4, -0.2) is 10.2 Å². The van der Waals surface area contributed by atoms with Gasteiger partial charge in [-0.25, -0.2) is 0 Å². The third-order valence-electron chi connectivity index (χ3n) is 4.12. The maximum atomic E-state index is 10.1. The van der Waals surface area contributed by atoms with Gasteiger partial charge in [0.05, 0.1) is 0 Å². The van der Waals surface area contributed by atoms with E-state index in [-0.39, 0.29) is 17.4 Å². The molecule has 0 aliphatic carbocycles. The summed E-state index contributed by atoms with van der Waals surface area (Å²) in [5.74, 6) is 0.592. The first kappa shape index (κ1) is 19.3. The topological polar surface area (TPSA) is 40.5 Å². The Kier molecular flexibility index (Phi) is 9.94. The Morgan fingerprint density at radius 1 is 0.913 bits per heavy atom. The molecule has 0 aliphatic rings. The maximum absolute atomic E-state index is 10.1. The van der Waals surface area contributed by atoms with Gasteiger partial charge in [0, 0.05) is 5.56 Å². The number of hydrogen-bond acceptors (Lipinski definition) is 2. The van der Waals surface area contributed by atoms with Gasteiger partial charge in [-0.3, -0.25) is 0 Å². The summed E-state index contributed by atoms with van der Waals surface area (Å²) < 4.78 is 0. The zero-order chi connectivity index (χ0) is 16.9. The average Bonchev–Trinajstić information content (AvgIpc) is 2.54. The highest BCUT2D eigenvalue weighted by Crippen LogP contribution is 2.38. The molecule has 2 N–H and O–H groups in total. The fourth-order valence-corrected chi connectivity index (χ4v) is 2.76. The van der Waals surface area contributed by atoms with Crippen molar-refractivity contribution in [1.82, 2.24) is 0 Å². The second kappa shape index (κ2) is 11.8. The highest BCUT2D eigenvalue weighted by molar-refractivity contribution is 5.45. The number of phenolic OH excluding ortho intramolecular Hbond substituents is 2. The summed E-state index contributed by atoms with van der Waals surface area (Å²) >= 11 is 0. The SMILES string of the molecule is CCCC/C=C/C/C=C\CC(CCCC)c1c(O)cccc1O. The predicted octanol–water partition coefficient (Wildman–Crippen LogP) is 6.45. The van der Waals surface area contributed by atoms with Gasteiger partial charge in [-0.1, -0.05) is 69.9 Å². The zero-order valence-corrected chi connectivity index (χ0v) is 14.7. The molecule has 128 valence electrons. The lowest BCUT2D eigenvalue weighted by molar-refractivity contribution is 0.421. The number of benzene rings is 1. The zero-order valence-electron chi connectivity index (χ0n) is 14.7. The molecule has 0 radical (unpaired) electrons. The van der Waals surface area contributed by atoms with Crippen LogP contribution in [0.2, 0.25) is 0 Å². The van der Waals surface area contributed by atoms with E-state index in [0.717, 1.165) is 38.5 Å². The maximum Gasteiger partial charge on any atom is 0.122 e. The van der Waals surface area contributed by atoms with Crippen LogP contribution in [-0.2, 0) is 0 Å². The monoisotopic (exact) mass is 316 g/mol. The van der Waals surface area contributed by atoms with Crippen molar-refractivity contribution in [1.29, 1.82) is 0 Å². The van der Waals surface area contributed by atoms with Gasteiger partial charge in [-0.05, 0) is 43.7 Å². The number of hydrogen-bond donors (Lipinski definition) is 2. The average molecular weight is 316 g/mol. The van der Waals surface area contributed by atoms with Gasteiger partial charge in [-0.15, -0.1) is 0 Å². The van der Waals surface area contributed by atoms with Crippen molar-refractivity contribution in [2.75, 3.05) is 0 Å². The lowest BCUT2D eigenvalue weighted by atomic mass is 9.89. The molecule has 1 atom stereocenters. The van der Waals surface area contributed by atoms with Crippen molar-refractivity contribution in [2.45, 2.75) is 71.1 Å². The number of unbranched alkanes of at least 4 members (excludes halogenated alkanes) is 3. The normalized spacial score (nSPS) is 13.1. The molecule has 0 saturated heterocycles. The largest absolute Gasteiger partial charge is 0.508 e. The second-order valence-electron chi connectivity index (χ2n) is 6.11. The first-order chi connectivity index (χ1) is 11.2. The lowest BCUT2D eigenvalue weighted by Gasteiger charge is -2.18. The molecular formula is C21H32O2. The fraction of sp³-hybridized carbons (Fsp3) is 0.524. The number of phenols is 2. The summed E-state index contributed by atoms with van der Waals surface area (Å²) in [6.45, 7) is 4.37. The molecule has 2 heteroatoms. The van der Waals surface area contributed by atoms with Crippen LogP contribution in [0.1, 0.15) is 76.7 Å². The van der Waals surface area contributed by atoms with Gasteiger partial charge in [0.1, 0.15) is 11.5 Å².